The van der Waals surface area contributed by atoms with Gasteiger partial charge in [-0.15, -0.1) is 10.2 Å². The van der Waals surface area contributed by atoms with E-state index in [0.29, 0.717) is 13.0 Å². The van der Waals surface area contributed by atoms with Crippen molar-refractivity contribution in [2.24, 2.45) is 0 Å². The van der Waals surface area contributed by atoms with Gasteiger partial charge in [0.2, 0.25) is 5.91 Å². The average molecular weight is 298 g/mol. The molecule has 0 spiro atoms. The molecule has 22 heavy (non-hydrogen) atoms. The molecule has 1 amide bonds. The van der Waals surface area contributed by atoms with E-state index in [4.69, 9.17) is 0 Å². The Morgan fingerprint density at radius 3 is 2.95 bits per heavy atom. The van der Waals surface area contributed by atoms with Gasteiger partial charge in [0.25, 0.3) is 0 Å². The Labute approximate surface area is 130 Å². The number of aromatic nitrogens is 3. The summed E-state index contributed by atoms with van der Waals surface area (Å²) in [6.07, 6.45) is 4.98. The lowest BCUT2D eigenvalue weighted by Crippen LogP contribution is -2.26. The highest BCUT2D eigenvalue weighted by Crippen LogP contribution is 2.14. The van der Waals surface area contributed by atoms with Gasteiger partial charge in [0.05, 0.1) is 13.0 Å². The van der Waals surface area contributed by atoms with Crippen molar-refractivity contribution in [2.45, 2.75) is 52.1 Å². The van der Waals surface area contributed by atoms with Crippen LogP contribution in [0.1, 0.15) is 42.0 Å². The molecular formula is C17H22N4O. The molecule has 0 saturated carbocycles. The smallest absolute Gasteiger partial charge is 0.224 e. The summed E-state index contributed by atoms with van der Waals surface area (Å²) in [7, 11) is 0. The van der Waals surface area contributed by atoms with Crippen LogP contribution in [0.5, 0.6) is 0 Å². The molecule has 1 N–H and O–H groups in total. The van der Waals surface area contributed by atoms with E-state index in [9.17, 15) is 4.79 Å². The SMILES string of the molecule is Cc1ccccc1CC(=O)NCc1nnc2n1CCCCC2. The van der Waals surface area contributed by atoms with E-state index in [-0.39, 0.29) is 5.91 Å². The van der Waals surface area contributed by atoms with Gasteiger partial charge in [-0.05, 0) is 30.9 Å². The largest absolute Gasteiger partial charge is 0.349 e. The molecule has 3 rings (SSSR count). The molecule has 2 heterocycles. The van der Waals surface area contributed by atoms with Gasteiger partial charge in [0, 0.05) is 13.0 Å². The number of hydrogen-bond acceptors (Lipinski definition) is 3. The van der Waals surface area contributed by atoms with Gasteiger partial charge in [-0.2, -0.15) is 0 Å². The highest BCUT2D eigenvalue weighted by atomic mass is 16.1. The number of carbonyl (C=O) groups excluding carboxylic acids is 1. The zero-order valence-corrected chi connectivity index (χ0v) is 13.0. The number of carbonyl (C=O) groups is 1. The Bertz CT molecular complexity index is 662. The van der Waals surface area contributed by atoms with E-state index < -0.39 is 0 Å². The Balaban J connectivity index is 1.60. The summed E-state index contributed by atoms with van der Waals surface area (Å²) in [4.78, 5) is 12.1. The highest BCUT2D eigenvalue weighted by molar-refractivity contribution is 5.78. The van der Waals surface area contributed by atoms with E-state index in [1.54, 1.807) is 0 Å². The minimum Gasteiger partial charge on any atom is -0.349 e. The van der Waals surface area contributed by atoms with E-state index in [1.807, 2.05) is 31.2 Å². The van der Waals surface area contributed by atoms with Crippen molar-refractivity contribution in [2.75, 3.05) is 0 Å². The van der Waals surface area contributed by atoms with E-state index in [1.165, 1.54) is 12.8 Å². The van der Waals surface area contributed by atoms with E-state index in [0.717, 1.165) is 42.2 Å². The van der Waals surface area contributed by atoms with Crippen LogP contribution in [0.25, 0.3) is 0 Å². The fraction of sp³-hybridized carbons (Fsp3) is 0.471. The molecule has 1 aromatic heterocycles. The predicted molar refractivity (Wildman–Crippen MR) is 84.3 cm³/mol. The van der Waals surface area contributed by atoms with Crippen LogP contribution in [0.15, 0.2) is 24.3 Å². The van der Waals surface area contributed by atoms with Gasteiger partial charge >= 0.3 is 0 Å². The molecule has 1 aliphatic rings. The average Bonchev–Trinajstić information content (AvgIpc) is 2.75. The number of amides is 1. The summed E-state index contributed by atoms with van der Waals surface area (Å²) in [5.74, 6) is 1.95. The molecule has 0 fully saturated rings. The first kappa shape index (κ1) is 14.8. The number of aryl methyl sites for hydroxylation is 2. The molecular weight excluding hydrogens is 276 g/mol. The van der Waals surface area contributed by atoms with Crippen LogP contribution in [-0.4, -0.2) is 20.7 Å². The third kappa shape index (κ3) is 3.35. The fourth-order valence-electron chi connectivity index (χ4n) is 2.90. The van der Waals surface area contributed by atoms with E-state index >= 15 is 0 Å². The molecule has 1 aromatic carbocycles. The first-order valence-corrected chi connectivity index (χ1v) is 7.96. The molecule has 0 aliphatic carbocycles. The molecule has 5 nitrogen and oxygen atoms in total. The second-order valence-electron chi connectivity index (χ2n) is 5.87. The van der Waals surface area contributed by atoms with Gasteiger partial charge in [-0.1, -0.05) is 30.7 Å². The maximum Gasteiger partial charge on any atom is 0.224 e. The van der Waals surface area contributed by atoms with Gasteiger partial charge < -0.3 is 9.88 Å². The monoisotopic (exact) mass is 298 g/mol. The van der Waals surface area contributed by atoms with Crippen LogP contribution in [0.2, 0.25) is 0 Å². The molecule has 1 aliphatic heterocycles. The number of nitrogens with zero attached hydrogens (tertiary/aromatic N) is 3. The maximum atomic E-state index is 12.1. The minimum atomic E-state index is 0.0280. The number of rotatable bonds is 4. The van der Waals surface area contributed by atoms with Gasteiger partial charge in [-0.25, -0.2) is 0 Å². The Kier molecular flexibility index (Phi) is 4.51. The first-order chi connectivity index (χ1) is 10.7. The number of benzene rings is 1. The van der Waals surface area contributed by atoms with Crippen molar-refractivity contribution in [3.63, 3.8) is 0 Å². The van der Waals surface area contributed by atoms with Crippen LogP contribution in [0.4, 0.5) is 0 Å². The highest BCUT2D eigenvalue weighted by Gasteiger charge is 2.15. The molecule has 0 saturated heterocycles. The molecule has 116 valence electrons. The summed E-state index contributed by atoms with van der Waals surface area (Å²) >= 11 is 0. The fourth-order valence-corrected chi connectivity index (χ4v) is 2.90. The molecule has 0 unspecified atom stereocenters. The van der Waals surface area contributed by atoms with Crippen LogP contribution >= 0.6 is 0 Å². The standard InChI is InChI=1S/C17H22N4O/c1-13-7-4-5-8-14(13)11-17(22)18-12-16-20-19-15-9-3-2-6-10-21(15)16/h4-5,7-8H,2-3,6,9-12H2,1H3,(H,18,22). The molecule has 2 aromatic rings. The second-order valence-corrected chi connectivity index (χ2v) is 5.87. The third-order valence-corrected chi connectivity index (χ3v) is 4.24. The number of hydrogen-bond donors (Lipinski definition) is 1. The topological polar surface area (TPSA) is 59.8 Å². The van der Waals surface area contributed by atoms with Gasteiger partial charge in [-0.3, -0.25) is 4.79 Å². The zero-order valence-electron chi connectivity index (χ0n) is 13.0. The van der Waals surface area contributed by atoms with Crippen molar-refractivity contribution in [1.29, 1.82) is 0 Å². The van der Waals surface area contributed by atoms with Crippen molar-refractivity contribution in [3.05, 3.63) is 47.0 Å². The van der Waals surface area contributed by atoms with Gasteiger partial charge in [0.1, 0.15) is 5.82 Å². The second kappa shape index (κ2) is 6.73. The summed E-state index contributed by atoms with van der Waals surface area (Å²) in [5, 5.41) is 11.5. The van der Waals surface area contributed by atoms with Crippen molar-refractivity contribution in [3.8, 4) is 0 Å². The van der Waals surface area contributed by atoms with Crippen molar-refractivity contribution in [1.82, 2.24) is 20.1 Å². The molecule has 5 heteroatoms. The van der Waals surface area contributed by atoms with Crippen molar-refractivity contribution < 1.29 is 4.79 Å². The van der Waals surface area contributed by atoms with Gasteiger partial charge in [0.15, 0.2) is 5.82 Å². The van der Waals surface area contributed by atoms with Crippen LogP contribution < -0.4 is 5.32 Å². The van der Waals surface area contributed by atoms with E-state index in [2.05, 4.69) is 20.1 Å². The summed E-state index contributed by atoms with van der Waals surface area (Å²) < 4.78 is 2.17. The quantitative estimate of drug-likeness (QED) is 0.941. The molecule has 0 atom stereocenters. The van der Waals surface area contributed by atoms with Crippen molar-refractivity contribution >= 4 is 5.91 Å². The Hall–Kier alpha value is -2.17. The maximum absolute atomic E-state index is 12.1. The van der Waals surface area contributed by atoms with Crippen LogP contribution in [0.3, 0.4) is 0 Å². The summed E-state index contributed by atoms with van der Waals surface area (Å²) in [5.41, 5.74) is 2.22. The predicted octanol–water partition coefficient (Wildman–Crippen LogP) is 2.17. The lowest BCUT2D eigenvalue weighted by atomic mass is 10.1. The zero-order chi connectivity index (χ0) is 15.4. The van der Waals surface area contributed by atoms with Crippen LogP contribution in [0, 0.1) is 6.92 Å². The summed E-state index contributed by atoms with van der Waals surface area (Å²) in [6.45, 7) is 3.45. The Morgan fingerprint density at radius 1 is 1.23 bits per heavy atom. The number of nitrogens with one attached hydrogen (secondary N) is 1. The lowest BCUT2D eigenvalue weighted by molar-refractivity contribution is -0.120. The number of fused-ring (bicyclic) bond motifs is 1. The Morgan fingerprint density at radius 2 is 2.09 bits per heavy atom. The minimum absolute atomic E-state index is 0.0280. The summed E-state index contributed by atoms with van der Waals surface area (Å²) in [6, 6.07) is 7.98. The first-order valence-electron chi connectivity index (χ1n) is 7.96. The molecule has 0 bridgehead atoms. The van der Waals surface area contributed by atoms with Crippen LogP contribution in [-0.2, 0) is 30.7 Å². The lowest BCUT2D eigenvalue weighted by Gasteiger charge is -2.09. The molecule has 0 radical (unpaired) electrons. The normalized spacial score (nSPS) is 14.2. The third-order valence-electron chi connectivity index (χ3n) is 4.24.